The molecule has 3 aromatic carbocycles. The number of sulfonamides is 1. The fraction of sp³-hybridized carbons (Fsp3) is 0.0909. The fourth-order valence-corrected chi connectivity index (χ4v) is 3.71. The summed E-state index contributed by atoms with van der Waals surface area (Å²) in [6.45, 7) is -0.215. The third-order valence-corrected chi connectivity index (χ3v) is 5.63. The van der Waals surface area contributed by atoms with Crippen LogP contribution in [0.5, 0.6) is 5.75 Å². The highest BCUT2D eigenvalue weighted by Gasteiger charge is 2.16. The van der Waals surface area contributed by atoms with Crippen LogP contribution < -0.4 is 20.1 Å². The van der Waals surface area contributed by atoms with Crippen LogP contribution in [0.2, 0.25) is 0 Å². The van der Waals surface area contributed by atoms with Crippen LogP contribution in [-0.2, 0) is 14.8 Å². The van der Waals surface area contributed by atoms with Gasteiger partial charge < -0.3 is 15.4 Å². The van der Waals surface area contributed by atoms with Gasteiger partial charge in [0.25, 0.3) is 15.9 Å². The second-order valence-corrected chi connectivity index (χ2v) is 8.14. The van der Waals surface area contributed by atoms with Gasteiger partial charge in [-0.2, -0.15) is 0 Å². The number of rotatable bonds is 8. The second-order valence-electron chi connectivity index (χ2n) is 6.46. The third kappa shape index (κ3) is 6.06. The molecule has 0 aliphatic carbocycles. The van der Waals surface area contributed by atoms with Crippen molar-refractivity contribution in [1.82, 2.24) is 5.32 Å². The predicted octanol–water partition coefficient (Wildman–Crippen LogP) is 2.86. The molecule has 0 saturated carbocycles. The Morgan fingerprint density at radius 2 is 1.48 bits per heavy atom. The number of methoxy groups -OCH3 is 1. The zero-order valence-electron chi connectivity index (χ0n) is 16.7. The summed E-state index contributed by atoms with van der Waals surface area (Å²) in [5, 5.41) is 5.16. The van der Waals surface area contributed by atoms with Gasteiger partial charge in [-0.1, -0.05) is 18.2 Å². The average Bonchev–Trinajstić information content (AvgIpc) is 2.78. The number of hydrogen-bond donors (Lipinski definition) is 3. The molecule has 0 bridgehead atoms. The highest BCUT2D eigenvalue weighted by atomic mass is 32.2. The predicted molar refractivity (Wildman–Crippen MR) is 118 cm³/mol. The van der Waals surface area contributed by atoms with Gasteiger partial charge in [0.15, 0.2) is 0 Å². The minimum Gasteiger partial charge on any atom is -0.497 e. The van der Waals surface area contributed by atoms with E-state index in [1.54, 1.807) is 48.5 Å². The number of nitrogens with one attached hydrogen (secondary N) is 3. The Hall–Kier alpha value is -3.85. The molecule has 0 spiro atoms. The van der Waals surface area contributed by atoms with Gasteiger partial charge in [0.1, 0.15) is 5.75 Å². The Labute approximate surface area is 180 Å². The number of ether oxygens (including phenoxy) is 1. The van der Waals surface area contributed by atoms with E-state index in [-0.39, 0.29) is 22.9 Å². The van der Waals surface area contributed by atoms with Gasteiger partial charge in [0.05, 0.1) is 18.6 Å². The smallest absolute Gasteiger partial charge is 0.261 e. The van der Waals surface area contributed by atoms with E-state index in [1.807, 2.05) is 6.07 Å². The first kappa shape index (κ1) is 21.8. The first-order chi connectivity index (χ1) is 14.9. The number of carbonyl (C=O) groups excluding carboxylic acids is 2. The second kappa shape index (κ2) is 9.77. The molecular formula is C22H21N3O5S. The van der Waals surface area contributed by atoms with Gasteiger partial charge in [-0.15, -0.1) is 0 Å². The lowest BCUT2D eigenvalue weighted by Gasteiger charge is -2.10. The van der Waals surface area contributed by atoms with E-state index in [2.05, 4.69) is 15.4 Å². The van der Waals surface area contributed by atoms with Crippen LogP contribution in [0.15, 0.2) is 83.8 Å². The molecule has 8 nitrogen and oxygen atoms in total. The third-order valence-electron chi connectivity index (χ3n) is 4.24. The first-order valence-corrected chi connectivity index (χ1v) is 10.8. The molecule has 0 heterocycles. The van der Waals surface area contributed by atoms with Crippen molar-refractivity contribution < 1.29 is 22.7 Å². The van der Waals surface area contributed by atoms with Crippen molar-refractivity contribution in [3.8, 4) is 5.75 Å². The summed E-state index contributed by atoms with van der Waals surface area (Å²) in [7, 11) is -2.30. The summed E-state index contributed by atoms with van der Waals surface area (Å²) in [6.07, 6.45) is 0. The summed E-state index contributed by atoms with van der Waals surface area (Å²) in [5.41, 5.74) is 1.24. The maximum atomic E-state index is 12.5. The van der Waals surface area contributed by atoms with Crippen LogP contribution >= 0.6 is 0 Å². The van der Waals surface area contributed by atoms with Crippen molar-refractivity contribution in [2.45, 2.75) is 4.90 Å². The Kier molecular flexibility index (Phi) is 6.88. The van der Waals surface area contributed by atoms with Gasteiger partial charge in [-0.3, -0.25) is 14.3 Å². The Morgan fingerprint density at radius 1 is 0.839 bits per heavy atom. The molecule has 0 radical (unpaired) electrons. The molecule has 9 heteroatoms. The zero-order chi connectivity index (χ0) is 22.3. The maximum absolute atomic E-state index is 12.5. The normalized spacial score (nSPS) is 10.7. The summed E-state index contributed by atoms with van der Waals surface area (Å²) in [5.74, 6) is -0.256. The standard InChI is InChI=1S/C22H21N3O5S/c1-30-19-11-9-18(10-12-19)25-31(28,29)20-13-7-16(8-14-20)22(27)23-15-21(26)24-17-5-3-2-4-6-17/h2-14,25H,15H2,1H3,(H,23,27)(H,24,26). The van der Waals surface area contributed by atoms with E-state index in [1.165, 1.54) is 31.4 Å². The van der Waals surface area contributed by atoms with Crippen LogP contribution in [0.3, 0.4) is 0 Å². The molecule has 3 rings (SSSR count). The first-order valence-electron chi connectivity index (χ1n) is 9.27. The number of amides is 2. The van der Waals surface area contributed by atoms with Gasteiger partial charge >= 0.3 is 0 Å². The molecule has 0 saturated heterocycles. The molecule has 0 aliphatic rings. The minimum absolute atomic E-state index is 0.00156. The molecule has 0 fully saturated rings. The van der Waals surface area contributed by atoms with Crippen LogP contribution in [0.4, 0.5) is 11.4 Å². The molecule has 160 valence electrons. The number of hydrogen-bond acceptors (Lipinski definition) is 5. The summed E-state index contributed by atoms with van der Waals surface area (Å²) in [6, 6.07) is 20.7. The molecule has 0 unspecified atom stereocenters. The lowest BCUT2D eigenvalue weighted by Crippen LogP contribution is -2.32. The van der Waals surface area contributed by atoms with Gasteiger partial charge in [0.2, 0.25) is 5.91 Å². The van der Waals surface area contributed by atoms with Crippen LogP contribution in [-0.4, -0.2) is 33.9 Å². The monoisotopic (exact) mass is 439 g/mol. The lowest BCUT2D eigenvalue weighted by atomic mass is 10.2. The number of carbonyl (C=O) groups is 2. The fourth-order valence-electron chi connectivity index (χ4n) is 2.65. The number of benzene rings is 3. The van der Waals surface area contributed by atoms with E-state index in [0.29, 0.717) is 17.1 Å². The van der Waals surface area contributed by atoms with Crippen molar-refractivity contribution in [3.63, 3.8) is 0 Å². The molecule has 3 aromatic rings. The van der Waals surface area contributed by atoms with Gasteiger partial charge in [0, 0.05) is 16.9 Å². The average molecular weight is 439 g/mol. The summed E-state index contributed by atoms with van der Waals surface area (Å²) >= 11 is 0. The number of anilines is 2. The van der Waals surface area contributed by atoms with Crippen LogP contribution in [0.1, 0.15) is 10.4 Å². The largest absolute Gasteiger partial charge is 0.497 e. The zero-order valence-corrected chi connectivity index (χ0v) is 17.5. The van der Waals surface area contributed by atoms with E-state index in [0.717, 1.165) is 0 Å². The maximum Gasteiger partial charge on any atom is 0.261 e. The Bertz CT molecular complexity index is 1150. The van der Waals surface area contributed by atoms with E-state index >= 15 is 0 Å². The Morgan fingerprint density at radius 3 is 2.10 bits per heavy atom. The highest BCUT2D eigenvalue weighted by Crippen LogP contribution is 2.19. The van der Waals surface area contributed by atoms with Crippen molar-refractivity contribution in [2.75, 3.05) is 23.7 Å². The highest BCUT2D eigenvalue weighted by molar-refractivity contribution is 7.92. The van der Waals surface area contributed by atoms with E-state index < -0.39 is 15.9 Å². The number of para-hydroxylation sites is 1. The molecular weight excluding hydrogens is 418 g/mol. The van der Waals surface area contributed by atoms with E-state index in [9.17, 15) is 18.0 Å². The molecule has 3 N–H and O–H groups in total. The van der Waals surface area contributed by atoms with Gasteiger partial charge in [-0.25, -0.2) is 8.42 Å². The summed E-state index contributed by atoms with van der Waals surface area (Å²) in [4.78, 5) is 24.2. The SMILES string of the molecule is COc1ccc(NS(=O)(=O)c2ccc(C(=O)NCC(=O)Nc3ccccc3)cc2)cc1. The van der Waals surface area contributed by atoms with Crippen molar-refractivity contribution in [2.24, 2.45) is 0 Å². The lowest BCUT2D eigenvalue weighted by molar-refractivity contribution is -0.115. The minimum atomic E-state index is -3.82. The quantitative estimate of drug-likeness (QED) is 0.499. The molecule has 2 amide bonds. The van der Waals surface area contributed by atoms with Crippen molar-refractivity contribution in [1.29, 1.82) is 0 Å². The molecule has 0 aromatic heterocycles. The molecule has 31 heavy (non-hydrogen) atoms. The van der Waals surface area contributed by atoms with Crippen LogP contribution in [0, 0.1) is 0 Å². The van der Waals surface area contributed by atoms with E-state index in [4.69, 9.17) is 4.74 Å². The molecule has 0 atom stereocenters. The topological polar surface area (TPSA) is 114 Å². The van der Waals surface area contributed by atoms with Crippen molar-refractivity contribution >= 4 is 33.2 Å². The van der Waals surface area contributed by atoms with Crippen molar-refractivity contribution in [3.05, 3.63) is 84.4 Å². The van der Waals surface area contributed by atoms with Gasteiger partial charge in [-0.05, 0) is 60.7 Å². The Balaban J connectivity index is 1.58. The summed E-state index contributed by atoms with van der Waals surface area (Å²) < 4.78 is 32.6. The van der Waals surface area contributed by atoms with Crippen LogP contribution in [0.25, 0.3) is 0 Å². The molecule has 0 aliphatic heterocycles.